The Kier molecular flexibility index (Phi) is 6.62. The van der Waals surface area contributed by atoms with Crippen LogP contribution < -0.4 is 5.32 Å². The molecule has 0 aliphatic carbocycles. The first-order valence-corrected chi connectivity index (χ1v) is 6.94. The molecule has 1 fully saturated rings. The second-order valence-corrected chi connectivity index (χ2v) is 4.91. The van der Waals surface area contributed by atoms with Crippen molar-refractivity contribution < 1.29 is 19.4 Å². The van der Waals surface area contributed by atoms with Gasteiger partial charge < -0.3 is 20.1 Å². The predicted octanol–water partition coefficient (Wildman–Crippen LogP) is 1.45. The average molecular weight is 272 g/mol. The lowest BCUT2D eigenvalue weighted by Gasteiger charge is -2.28. The molecular weight excluding hydrogens is 248 g/mol. The Labute approximate surface area is 114 Å². The van der Waals surface area contributed by atoms with Crippen molar-refractivity contribution in [2.75, 3.05) is 19.8 Å². The highest BCUT2D eigenvalue weighted by molar-refractivity contribution is 5.82. The number of rotatable bonds is 5. The molecule has 1 heterocycles. The number of amides is 2. The van der Waals surface area contributed by atoms with Gasteiger partial charge in [-0.05, 0) is 26.7 Å². The molecule has 1 aliphatic heterocycles. The summed E-state index contributed by atoms with van der Waals surface area (Å²) < 4.78 is 5.23. The number of carboxylic acids is 1. The molecule has 0 aromatic heterocycles. The molecule has 1 aliphatic rings. The SMILES string of the molecule is CCOCC(C)NC(=O)N1CCCCCC1C(=O)O. The Morgan fingerprint density at radius 2 is 2.16 bits per heavy atom. The molecule has 0 radical (unpaired) electrons. The zero-order valence-corrected chi connectivity index (χ0v) is 11.7. The number of likely N-dealkylation sites (tertiary alicyclic amines) is 1. The average Bonchev–Trinajstić information content (AvgIpc) is 2.61. The van der Waals surface area contributed by atoms with Crippen molar-refractivity contribution in [3.63, 3.8) is 0 Å². The highest BCUT2D eigenvalue weighted by atomic mass is 16.5. The van der Waals surface area contributed by atoms with Crippen LogP contribution in [-0.4, -0.2) is 53.8 Å². The number of ether oxygens (including phenoxy) is 1. The molecule has 6 nitrogen and oxygen atoms in total. The first-order valence-electron chi connectivity index (χ1n) is 6.94. The molecule has 2 unspecified atom stereocenters. The van der Waals surface area contributed by atoms with Gasteiger partial charge in [0.2, 0.25) is 0 Å². The minimum absolute atomic E-state index is 0.120. The van der Waals surface area contributed by atoms with Crippen LogP contribution >= 0.6 is 0 Å². The van der Waals surface area contributed by atoms with Crippen molar-refractivity contribution in [2.24, 2.45) is 0 Å². The molecule has 1 rings (SSSR count). The first-order chi connectivity index (χ1) is 9.06. The summed E-state index contributed by atoms with van der Waals surface area (Å²) in [6.45, 7) is 5.28. The third-order valence-corrected chi connectivity index (χ3v) is 3.24. The van der Waals surface area contributed by atoms with E-state index in [1.54, 1.807) is 0 Å². The zero-order valence-electron chi connectivity index (χ0n) is 11.7. The number of hydrogen-bond acceptors (Lipinski definition) is 3. The van der Waals surface area contributed by atoms with Crippen LogP contribution in [0.4, 0.5) is 4.79 Å². The van der Waals surface area contributed by atoms with Crippen LogP contribution in [0.5, 0.6) is 0 Å². The lowest BCUT2D eigenvalue weighted by atomic mass is 10.1. The fourth-order valence-corrected chi connectivity index (χ4v) is 2.24. The number of hydrogen-bond donors (Lipinski definition) is 2. The molecule has 2 atom stereocenters. The molecule has 0 bridgehead atoms. The summed E-state index contributed by atoms with van der Waals surface area (Å²) in [5.74, 6) is -0.922. The van der Waals surface area contributed by atoms with Crippen LogP contribution in [0.1, 0.15) is 39.5 Å². The molecule has 1 saturated heterocycles. The lowest BCUT2D eigenvalue weighted by Crippen LogP contribution is -2.52. The quantitative estimate of drug-likeness (QED) is 0.794. The van der Waals surface area contributed by atoms with Crippen LogP contribution in [-0.2, 0) is 9.53 Å². The maximum Gasteiger partial charge on any atom is 0.326 e. The summed E-state index contributed by atoms with van der Waals surface area (Å²) in [5, 5.41) is 12.0. The van der Waals surface area contributed by atoms with Gasteiger partial charge in [-0.2, -0.15) is 0 Å². The summed E-state index contributed by atoms with van der Waals surface area (Å²) >= 11 is 0. The molecule has 2 amide bonds. The van der Waals surface area contributed by atoms with Crippen LogP contribution in [0.25, 0.3) is 0 Å². The van der Waals surface area contributed by atoms with Gasteiger partial charge in [-0.3, -0.25) is 0 Å². The van der Waals surface area contributed by atoms with Gasteiger partial charge in [0.25, 0.3) is 0 Å². The van der Waals surface area contributed by atoms with Gasteiger partial charge in [0.1, 0.15) is 6.04 Å². The maximum absolute atomic E-state index is 12.1. The third-order valence-electron chi connectivity index (χ3n) is 3.24. The topological polar surface area (TPSA) is 78.9 Å². The second kappa shape index (κ2) is 7.99. The van der Waals surface area contributed by atoms with Gasteiger partial charge in [0.05, 0.1) is 12.6 Å². The summed E-state index contributed by atoms with van der Waals surface area (Å²) in [4.78, 5) is 24.8. The number of carbonyl (C=O) groups is 2. The Morgan fingerprint density at radius 3 is 2.79 bits per heavy atom. The van der Waals surface area contributed by atoms with Crippen molar-refractivity contribution in [3.8, 4) is 0 Å². The Morgan fingerprint density at radius 1 is 1.42 bits per heavy atom. The van der Waals surface area contributed by atoms with Gasteiger partial charge in [-0.25, -0.2) is 9.59 Å². The van der Waals surface area contributed by atoms with Crippen LogP contribution in [0.3, 0.4) is 0 Å². The van der Waals surface area contributed by atoms with Gasteiger partial charge in [0.15, 0.2) is 0 Å². The van der Waals surface area contributed by atoms with E-state index in [4.69, 9.17) is 4.74 Å². The second-order valence-electron chi connectivity index (χ2n) is 4.91. The highest BCUT2D eigenvalue weighted by Gasteiger charge is 2.31. The number of urea groups is 1. The summed E-state index contributed by atoms with van der Waals surface area (Å²) in [6.07, 6.45) is 3.22. The van der Waals surface area contributed by atoms with E-state index in [2.05, 4.69) is 5.32 Å². The molecule has 0 aromatic carbocycles. The van der Waals surface area contributed by atoms with Gasteiger partial charge in [-0.15, -0.1) is 0 Å². The van der Waals surface area contributed by atoms with E-state index >= 15 is 0 Å². The number of carbonyl (C=O) groups excluding carboxylic acids is 1. The normalized spacial score (nSPS) is 21.6. The van der Waals surface area contributed by atoms with E-state index in [-0.39, 0.29) is 12.1 Å². The predicted molar refractivity (Wildman–Crippen MR) is 71.1 cm³/mol. The Balaban J connectivity index is 2.57. The van der Waals surface area contributed by atoms with Crippen LogP contribution in [0.2, 0.25) is 0 Å². The van der Waals surface area contributed by atoms with E-state index < -0.39 is 12.0 Å². The third kappa shape index (κ3) is 5.06. The van der Waals surface area contributed by atoms with Gasteiger partial charge >= 0.3 is 12.0 Å². The van der Waals surface area contributed by atoms with Crippen molar-refractivity contribution in [3.05, 3.63) is 0 Å². The molecular formula is C13H24N2O4. The molecule has 19 heavy (non-hydrogen) atoms. The molecule has 0 aromatic rings. The van der Waals surface area contributed by atoms with Gasteiger partial charge in [-0.1, -0.05) is 12.8 Å². The van der Waals surface area contributed by atoms with E-state index in [1.165, 1.54) is 4.90 Å². The molecule has 110 valence electrons. The minimum atomic E-state index is -0.922. The summed E-state index contributed by atoms with van der Waals surface area (Å²) in [5.41, 5.74) is 0. The minimum Gasteiger partial charge on any atom is -0.480 e. The highest BCUT2D eigenvalue weighted by Crippen LogP contribution is 2.17. The van der Waals surface area contributed by atoms with E-state index in [0.29, 0.717) is 26.2 Å². The number of nitrogens with one attached hydrogen (secondary N) is 1. The van der Waals surface area contributed by atoms with Gasteiger partial charge in [0, 0.05) is 13.2 Å². The van der Waals surface area contributed by atoms with E-state index in [9.17, 15) is 14.7 Å². The van der Waals surface area contributed by atoms with E-state index in [1.807, 2.05) is 13.8 Å². The van der Waals surface area contributed by atoms with Crippen LogP contribution in [0, 0.1) is 0 Å². The Bertz CT molecular complexity index is 309. The van der Waals surface area contributed by atoms with Crippen LogP contribution in [0.15, 0.2) is 0 Å². The lowest BCUT2D eigenvalue weighted by molar-refractivity contribution is -0.142. The zero-order chi connectivity index (χ0) is 14.3. The number of nitrogens with zero attached hydrogens (tertiary/aromatic N) is 1. The number of aliphatic carboxylic acids is 1. The van der Waals surface area contributed by atoms with Crippen molar-refractivity contribution in [1.82, 2.24) is 10.2 Å². The monoisotopic (exact) mass is 272 g/mol. The number of carboxylic acid groups (broad SMARTS) is 1. The maximum atomic E-state index is 12.1. The standard InChI is InChI=1S/C13H24N2O4/c1-3-19-9-10(2)14-13(18)15-8-6-4-5-7-11(15)12(16)17/h10-11H,3-9H2,1-2H3,(H,14,18)(H,16,17). The fraction of sp³-hybridized carbons (Fsp3) is 0.846. The van der Waals surface area contributed by atoms with Crippen molar-refractivity contribution >= 4 is 12.0 Å². The molecule has 6 heteroatoms. The fourth-order valence-electron chi connectivity index (χ4n) is 2.24. The first kappa shape index (κ1) is 15.8. The van der Waals surface area contributed by atoms with Crippen molar-refractivity contribution in [1.29, 1.82) is 0 Å². The largest absolute Gasteiger partial charge is 0.480 e. The molecule has 2 N–H and O–H groups in total. The smallest absolute Gasteiger partial charge is 0.326 e. The molecule has 0 spiro atoms. The molecule has 0 saturated carbocycles. The van der Waals surface area contributed by atoms with Crippen molar-refractivity contribution in [2.45, 2.75) is 51.6 Å². The Hall–Kier alpha value is -1.30. The summed E-state index contributed by atoms with van der Waals surface area (Å²) in [6, 6.07) is -1.13. The summed E-state index contributed by atoms with van der Waals surface area (Å²) in [7, 11) is 0. The van der Waals surface area contributed by atoms with E-state index in [0.717, 1.165) is 19.3 Å².